The first-order chi connectivity index (χ1) is 7.40. The smallest absolute Gasteiger partial charge is 0.109 e. The van der Waals surface area contributed by atoms with E-state index in [2.05, 4.69) is 22.6 Å². The summed E-state index contributed by atoms with van der Waals surface area (Å²) >= 11 is 1.79. The zero-order valence-electron chi connectivity index (χ0n) is 9.41. The molecule has 1 aliphatic rings. The molecule has 3 heteroatoms. The van der Waals surface area contributed by atoms with Gasteiger partial charge in [-0.25, -0.2) is 4.98 Å². The number of thiazole rings is 1. The fourth-order valence-corrected chi connectivity index (χ4v) is 2.55. The number of unbranched alkanes of at least 4 members (excludes halogenated alkanes) is 2. The summed E-state index contributed by atoms with van der Waals surface area (Å²) in [7, 11) is 0. The molecule has 0 radical (unpaired) electrons. The van der Waals surface area contributed by atoms with Crippen LogP contribution < -0.4 is 5.32 Å². The molecule has 0 aliphatic heterocycles. The maximum atomic E-state index is 4.43. The lowest BCUT2D eigenvalue weighted by atomic mass is 10.1. The van der Waals surface area contributed by atoms with Crippen molar-refractivity contribution in [1.82, 2.24) is 10.3 Å². The Hall–Kier alpha value is -0.410. The number of hydrogen-bond acceptors (Lipinski definition) is 3. The summed E-state index contributed by atoms with van der Waals surface area (Å²) in [4.78, 5) is 4.43. The van der Waals surface area contributed by atoms with E-state index < -0.39 is 0 Å². The van der Waals surface area contributed by atoms with E-state index in [1.807, 2.05) is 6.20 Å². The van der Waals surface area contributed by atoms with E-state index in [4.69, 9.17) is 0 Å². The van der Waals surface area contributed by atoms with Crippen LogP contribution in [0, 0.1) is 0 Å². The Bertz CT molecular complexity index is 267. The standard InChI is InChI=1S/C12H20N2S/c1-2-3-4-5-11(14-10-6-7-10)12-13-8-9-15-12/h8-11,14H,2-7H2,1H3. The van der Waals surface area contributed by atoms with Crippen LogP contribution >= 0.6 is 11.3 Å². The Balaban J connectivity index is 1.84. The van der Waals surface area contributed by atoms with Gasteiger partial charge >= 0.3 is 0 Å². The maximum Gasteiger partial charge on any atom is 0.109 e. The van der Waals surface area contributed by atoms with Gasteiger partial charge < -0.3 is 5.32 Å². The average Bonchev–Trinajstić information content (AvgIpc) is 2.90. The van der Waals surface area contributed by atoms with Gasteiger partial charge in [0.2, 0.25) is 0 Å². The summed E-state index contributed by atoms with van der Waals surface area (Å²) in [5.74, 6) is 0. The Morgan fingerprint density at radius 3 is 3.00 bits per heavy atom. The summed E-state index contributed by atoms with van der Waals surface area (Å²) in [5, 5.41) is 7.06. The molecule has 0 spiro atoms. The van der Waals surface area contributed by atoms with Crippen molar-refractivity contribution in [1.29, 1.82) is 0 Å². The van der Waals surface area contributed by atoms with Gasteiger partial charge in [-0.05, 0) is 19.3 Å². The molecule has 2 nitrogen and oxygen atoms in total. The van der Waals surface area contributed by atoms with E-state index in [1.54, 1.807) is 11.3 Å². The van der Waals surface area contributed by atoms with Crippen molar-refractivity contribution in [3.63, 3.8) is 0 Å². The van der Waals surface area contributed by atoms with Crippen LogP contribution in [0.25, 0.3) is 0 Å². The Morgan fingerprint density at radius 2 is 2.40 bits per heavy atom. The minimum Gasteiger partial charge on any atom is -0.305 e. The molecule has 1 aromatic heterocycles. The summed E-state index contributed by atoms with van der Waals surface area (Å²) < 4.78 is 0. The maximum absolute atomic E-state index is 4.43. The third kappa shape index (κ3) is 3.58. The fraction of sp³-hybridized carbons (Fsp3) is 0.750. The van der Waals surface area contributed by atoms with Crippen LogP contribution in [-0.2, 0) is 0 Å². The number of aromatic nitrogens is 1. The monoisotopic (exact) mass is 224 g/mol. The lowest BCUT2D eigenvalue weighted by molar-refractivity contribution is 0.470. The van der Waals surface area contributed by atoms with E-state index in [9.17, 15) is 0 Å². The van der Waals surface area contributed by atoms with Crippen LogP contribution in [-0.4, -0.2) is 11.0 Å². The second-order valence-electron chi connectivity index (χ2n) is 4.36. The normalized spacial score (nSPS) is 17.9. The van der Waals surface area contributed by atoms with Crippen molar-refractivity contribution in [3.8, 4) is 0 Å². The zero-order chi connectivity index (χ0) is 10.5. The lowest BCUT2D eigenvalue weighted by Gasteiger charge is -2.15. The highest BCUT2D eigenvalue weighted by molar-refractivity contribution is 7.09. The van der Waals surface area contributed by atoms with Crippen LogP contribution in [0.2, 0.25) is 0 Å². The molecular formula is C12H20N2S. The molecule has 84 valence electrons. The number of nitrogens with zero attached hydrogens (tertiary/aromatic N) is 1. The predicted molar refractivity (Wildman–Crippen MR) is 65.2 cm³/mol. The summed E-state index contributed by atoms with van der Waals surface area (Å²) in [6, 6.07) is 1.30. The van der Waals surface area contributed by atoms with Crippen molar-refractivity contribution < 1.29 is 0 Å². The van der Waals surface area contributed by atoms with Gasteiger partial charge in [-0.3, -0.25) is 0 Å². The van der Waals surface area contributed by atoms with Gasteiger partial charge in [0.15, 0.2) is 0 Å². The molecule has 1 atom stereocenters. The fourth-order valence-electron chi connectivity index (χ4n) is 1.82. The van der Waals surface area contributed by atoms with Crippen LogP contribution in [0.3, 0.4) is 0 Å². The first-order valence-electron chi connectivity index (χ1n) is 6.05. The van der Waals surface area contributed by atoms with Gasteiger partial charge in [0.1, 0.15) is 5.01 Å². The minimum absolute atomic E-state index is 0.518. The molecule has 1 unspecified atom stereocenters. The van der Waals surface area contributed by atoms with Crippen molar-refractivity contribution in [3.05, 3.63) is 16.6 Å². The molecule has 1 N–H and O–H groups in total. The molecule has 15 heavy (non-hydrogen) atoms. The van der Waals surface area contributed by atoms with Crippen LogP contribution in [0.5, 0.6) is 0 Å². The third-order valence-electron chi connectivity index (χ3n) is 2.86. The Labute approximate surface area is 96.1 Å². The highest BCUT2D eigenvalue weighted by Gasteiger charge is 2.25. The van der Waals surface area contributed by atoms with Crippen molar-refractivity contribution in [2.45, 2.75) is 57.5 Å². The number of hydrogen-bond donors (Lipinski definition) is 1. The van der Waals surface area contributed by atoms with Gasteiger partial charge in [-0.15, -0.1) is 11.3 Å². The first-order valence-corrected chi connectivity index (χ1v) is 6.93. The minimum atomic E-state index is 0.518. The number of rotatable bonds is 7. The molecular weight excluding hydrogens is 204 g/mol. The predicted octanol–water partition coefficient (Wildman–Crippen LogP) is 3.52. The van der Waals surface area contributed by atoms with E-state index in [-0.39, 0.29) is 0 Å². The Kier molecular flexibility index (Phi) is 4.15. The van der Waals surface area contributed by atoms with Crippen LogP contribution in [0.4, 0.5) is 0 Å². The third-order valence-corrected chi connectivity index (χ3v) is 3.75. The van der Waals surface area contributed by atoms with Gasteiger partial charge in [-0.2, -0.15) is 0 Å². The molecule has 2 rings (SSSR count). The van der Waals surface area contributed by atoms with E-state index in [0.29, 0.717) is 6.04 Å². The summed E-state index contributed by atoms with van der Waals surface area (Å²) in [5.41, 5.74) is 0. The van der Waals surface area contributed by atoms with Gasteiger partial charge in [-0.1, -0.05) is 26.2 Å². The molecule has 0 aromatic carbocycles. The molecule has 1 aliphatic carbocycles. The largest absolute Gasteiger partial charge is 0.305 e. The second kappa shape index (κ2) is 5.61. The molecule has 0 amide bonds. The molecule has 0 saturated heterocycles. The molecule has 1 saturated carbocycles. The summed E-state index contributed by atoms with van der Waals surface area (Å²) in [6.07, 6.45) is 9.84. The average molecular weight is 224 g/mol. The molecule has 1 aromatic rings. The molecule has 1 heterocycles. The van der Waals surface area contributed by atoms with E-state index >= 15 is 0 Å². The van der Waals surface area contributed by atoms with Gasteiger partial charge in [0.05, 0.1) is 6.04 Å². The van der Waals surface area contributed by atoms with Crippen molar-refractivity contribution in [2.75, 3.05) is 0 Å². The van der Waals surface area contributed by atoms with Crippen molar-refractivity contribution >= 4 is 11.3 Å². The second-order valence-corrected chi connectivity index (χ2v) is 5.29. The quantitative estimate of drug-likeness (QED) is 0.717. The topological polar surface area (TPSA) is 24.9 Å². The molecule has 0 bridgehead atoms. The first kappa shape index (κ1) is 11.1. The van der Waals surface area contributed by atoms with Gasteiger partial charge in [0, 0.05) is 17.6 Å². The van der Waals surface area contributed by atoms with Crippen molar-refractivity contribution in [2.24, 2.45) is 0 Å². The highest BCUT2D eigenvalue weighted by atomic mass is 32.1. The molecule has 1 fully saturated rings. The van der Waals surface area contributed by atoms with E-state index in [0.717, 1.165) is 6.04 Å². The SMILES string of the molecule is CCCCCC(NC1CC1)c1nccs1. The highest BCUT2D eigenvalue weighted by Crippen LogP contribution is 2.28. The van der Waals surface area contributed by atoms with Crippen LogP contribution in [0.15, 0.2) is 11.6 Å². The zero-order valence-corrected chi connectivity index (χ0v) is 10.2. The lowest BCUT2D eigenvalue weighted by Crippen LogP contribution is -2.23. The van der Waals surface area contributed by atoms with Gasteiger partial charge in [0.25, 0.3) is 0 Å². The van der Waals surface area contributed by atoms with Crippen LogP contribution in [0.1, 0.15) is 56.5 Å². The Morgan fingerprint density at radius 1 is 1.53 bits per heavy atom. The summed E-state index contributed by atoms with van der Waals surface area (Å²) in [6.45, 7) is 2.26. The van der Waals surface area contributed by atoms with E-state index in [1.165, 1.54) is 43.5 Å². The number of nitrogens with one attached hydrogen (secondary N) is 1.